The van der Waals surface area contributed by atoms with Crippen LogP contribution in [0.5, 0.6) is 5.75 Å². The maximum atomic E-state index is 7.09. The number of benzene rings is 1. The second-order valence-electron chi connectivity index (χ2n) is 5.00. The molecule has 21 heavy (non-hydrogen) atoms. The van der Waals surface area contributed by atoms with Gasteiger partial charge in [-0.3, -0.25) is 0 Å². The number of hydrogen-bond acceptors (Lipinski definition) is 3. The van der Waals surface area contributed by atoms with Gasteiger partial charge in [-0.1, -0.05) is 23.7 Å². The van der Waals surface area contributed by atoms with E-state index in [1.165, 1.54) is 0 Å². The van der Waals surface area contributed by atoms with Crippen molar-refractivity contribution in [1.82, 2.24) is 10.2 Å². The fourth-order valence-corrected chi connectivity index (χ4v) is 3.02. The molecule has 0 bridgehead atoms. The zero-order chi connectivity index (χ0) is 14.8. The maximum absolute atomic E-state index is 7.09. The number of hydrogen-bond donors (Lipinski definition) is 0. The molecule has 0 radical (unpaired) electrons. The molecule has 1 heterocycles. The molecule has 0 unspecified atom stereocenters. The summed E-state index contributed by atoms with van der Waals surface area (Å²) < 4.78 is 5.42. The Morgan fingerprint density at radius 1 is 1.19 bits per heavy atom. The van der Waals surface area contributed by atoms with Crippen LogP contribution < -0.4 is 4.74 Å². The summed E-state index contributed by atoms with van der Waals surface area (Å²) in [5.41, 5.74) is 4.50. The highest BCUT2D eigenvalue weighted by atomic mass is 35.5. The normalized spacial score (nSPS) is 13.4. The fourth-order valence-electron chi connectivity index (χ4n) is 2.77. The first-order valence-electron chi connectivity index (χ1n) is 6.84. The summed E-state index contributed by atoms with van der Waals surface area (Å²) in [6.45, 7) is 7.09. The molecule has 0 saturated heterocycles. The first-order valence-corrected chi connectivity index (χ1v) is 7.22. The summed E-state index contributed by atoms with van der Waals surface area (Å²) in [7, 11) is 1.60. The largest absolute Gasteiger partial charge is 0.497 e. The third-order valence-corrected chi connectivity index (χ3v) is 4.11. The van der Waals surface area contributed by atoms with E-state index in [4.69, 9.17) is 22.9 Å². The van der Waals surface area contributed by atoms with E-state index in [-0.39, 0.29) is 0 Å². The van der Waals surface area contributed by atoms with Gasteiger partial charge in [-0.05, 0) is 42.9 Å². The minimum Gasteiger partial charge on any atom is -0.497 e. The molecule has 0 atom stereocenters. The number of halogens is 1. The van der Waals surface area contributed by atoms with Crippen molar-refractivity contribution in [1.29, 1.82) is 0 Å². The molecule has 2 aromatic rings. The lowest BCUT2D eigenvalue weighted by Gasteiger charge is -2.20. The van der Waals surface area contributed by atoms with Crippen molar-refractivity contribution in [3.05, 3.63) is 45.9 Å². The Morgan fingerprint density at radius 2 is 1.95 bits per heavy atom. The maximum Gasteiger partial charge on any atom is 0.190 e. The van der Waals surface area contributed by atoms with E-state index in [0.29, 0.717) is 16.6 Å². The van der Waals surface area contributed by atoms with Crippen molar-refractivity contribution in [3.8, 4) is 17.0 Å². The van der Waals surface area contributed by atoms with Crippen LogP contribution in [0.25, 0.3) is 16.1 Å². The van der Waals surface area contributed by atoms with Crippen LogP contribution in [0.3, 0.4) is 0 Å². The van der Waals surface area contributed by atoms with Crippen LogP contribution in [0.4, 0.5) is 5.69 Å². The van der Waals surface area contributed by atoms with Gasteiger partial charge >= 0.3 is 0 Å². The van der Waals surface area contributed by atoms with Crippen LogP contribution in [0.2, 0.25) is 5.15 Å². The third kappa shape index (κ3) is 2.45. The molecule has 0 saturated carbocycles. The van der Waals surface area contributed by atoms with Gasteiger partial charge in [0.15, 0.2) is 10.8 Å². The van der Waals surface area contributed by atoms with Crippen LogP contribution in [-0.4, -0.2) is 17.3 Å². The lowest BCUT2D eigenvalue weighted by molar-refractivity contribution is 0.416. The van der Waals surface area contributed by atoms with E-state index in [0.717, 1.165) is 48.1 Å². The average molecular weight is 300 g/mol. The summed E-state index contributed by atoms with van der Waals surface area (Å²) >= 11 is 6.18. The van der Waals surface area contributed by atoms with Crippen LogP contribution in [-0.2, 0) is 12.8 Å². The van der Waals surface area contributed by atoms with E-state index < -0.39 is 0 Å². The monoisotopic (exact) mass is 299 g/mol. The van der Waals surface area contributed by atoms with Gasteiger partial charge in [0.2, 0.25) is 0 Å². The fraction of sp³-hybridized carbons (Fsp3) is 0.312. The zero-order valence-electron chi connectivity index (χ0n) is 11.7. The standard InChI is InChI=1S/C16H14ClN3O/c1-18-10-7-8-13(14(9-10)21-2)15-11-5-3-4-6-12(11)16(17)20-19-15/h7-9H,3-6H2,2H3. The quantitative estimate of drug-likeness (QED) is 0.779. The summed E-state index contributed by atoms with van der Waals surface area (Å²) in [6, 6.07) is 5.38. The van der Waals surface area contributed by atoms with Crippen molar-refractivity contribution < 1.29 is 4.74 Å². The van der Waals surface area contributed by atoms with Gasteiger partial charge in [0, 0.05) is 5.56 Å². The number of nitrogens with zero attached hydrogens (tertiary/aromatic N) is 3. The average Bonchev–Trinajstić information content (AvgIpc) is 2.55. The predicted molar refractivity (Wildman–Crippen MR) is 81.9 cm³/mol. The van der Waals surface area contributed by atoms with Crippen molar-refractivity contribution in [2.45, 2.75) is 25.7 Å². The van der Waals surface area contributed by atoms with E-state index in [1.807, 2.05) is 6.07 Å². The minimum atomic E-state index is 0.505. The molecule has 1 aliphatic rings. The number of rotatable bonds is 2. The molecular formula is C16H14ClN3O. The van der Waals surface area contributed by atoms with Gasteiger partial charge in [0.05, 0.1) is 13.7 Å². The predicted octanol–water partition coefficient (Wildman–Crippen LogP) is 4.24. The summed E-state index contributed by atoms with van der Waals surface area (Å²) in [5, 5.41) is 8.88. The topological polar surface area (TPSA) is 39.4 Å². The van der Waals surface area contributed by atoms with Crippen molar-refractivity contribution in [2.24, 2.45) is 0 Å². The highest BCUT2D eigenvalue weighted by Gasteiger charge is 2.21. The molecule has 1 aliphatic carbocycles. The highest BCUT2D eigenvalue weighted by molar-refractivity contribution is 6.30. The van der Waals surface area contributed by atoms with Gasteiger partial charge in [-0.25, -0.2) is 4.85 Å². The third-order valence-electron chi connectivity index (χ3n) is 3.81. The Hall–Kier alpha value is -2.12. The first-order chi connectivity index (χ1) is 10.2. The van der Waals surface area contributed by atoms with Crippen LogP contribution in [0.1, 0.15) is 24.0 Å². The number of fused-ring (bicyclic) bond motifs is 1. The number of aromatic nitrogens is 2. The van der Waals surface area contributed by atoms with E-state index in [1.54, 1.807) is 19.2 Å². The molecule has 1 aromatic carbocycles. The van der Waals surface area contributed by atoms with Crippen LogP contribution in [0, 0.1) is 6.57 Å². The van der Waals surface area contributed by atoms with Crippen molar-refractivity contribution in [2.75, 3.05) is 7.11 Å². The van der Waals surface area contributed by atoms with Crippen molar-refractivity contribution in [3.63, 3.8) is 0 Å². The second-order valence-corrected chi connectivity index (χ2v) is 5.36. The second kappa shape index (κ2) is 5.71. The van der Waals surface area contributed by atoms with Crippen LogP contribution >= 0.6 is 11.6 Å². The Morgan fingerprint density at radius 3 is 2.67 bits per heavy atom. The summed E-state index contributed by atoms with van der Waals surface area (Å²) in [5.74, 6) is 0.646. The Kier molecular flexibility index (Phi) is 3.76. The van der Waals surface area contributed by atoms with E-state index in [2.05, 4.69) is 15.0 Å². The summed E-state index contributed by atoms with van der Waals surface area (Å²) in [6.07, 6.45) is 4.16. The highest BCUT2D eigenvalue weighted by Crippen LogP contribution is 2.38. The summed E-state index contributed by atoms with van der Waals surface area (Å²) in [4.78, 5) is 3.43. The van der Waals surface area contributed by atoms with Gasteiger partial charge in [0.25, 0.3) is 0 Å². The number of methoxy groups -OCH3 is 1. The SMILES string of the molecule is [C-]#[N+]c1ccc(-c2nnc(Cl)c3c2CCCC3)c(OC)c1. The molecular weight excluding hydrogens is 286 g/mol. The lowest BCUT2D eigenvalue weighted by Crippen LogP contribution is -2.09. The molecule has 0 aliphatic heterocycles. The van der Waals surface area contributed by atoms with Gasteiger partial charge < -0.3 is 4.74 Å². The molecule has 5 heteroatoms. The molecule has 0 N–H and O–H groups in total. The number of ether oxygens (including phenoxy) is 1. The van der Waals surface area contributed by atoms with E-state index in [9.17, 15) is 0 Å². The van der Waals surface area contributed by atoms with Crippen LogP contribution in [0.15, 0.2) is 18.2 Å². The van der Waals surface area contributed by atoms with Gasteiger partial charge in [-0.15, -0.1) is 10.2 Å². The Balaban J connectivity index is 2.20. The molecule has 0 fully saturated rings. The zero-order valence-corrected chi connectivity index (χ0v) is 12.4. The molecule has 1 aromatic heterocycles. The van der Waals surface area contributed by atoms with E-state index >= 15 is 0 Å². The van der Waals surface area contributed by atoms with Gasteiger partial charge in [0.1, 0.15) is 11.4 Å². The van der Waals surface area contributed by atoms with Gasteiger partial charge in [-0.2, -0.15) is 0 Å². The molecule has 0 spiro atoms. The smallest absolute Gasteiger partial charge is 0.190 e. The lowest BCUT2D eigenvalue weighted by atomic mass is 9.90. The minimum absolute atomic E-state index is 0.505. The Labute approximate surface area is 128 Å². The Bertz CT molecular complexity index is 737. The van der Waals surface area contributed by atoms with Crippen molar-refractivity contribution >= 4 is 17.3 Å². The molecule has 3 rings (SSSR count). The molecule has 4 nitrogen and oxygen atoms in total. The molecule has 0 amide bonds. The molecule has 106 valence electrons. The first kappa shape index (κ1) is 13.8.